The molecule has 23 heavy (non-hydrogen) atoms. The summed E-state index contributed by atoms with van der Waals surface area (Å²) in [6, 6.07) is 10.3. The van der Waals surface area contributed by atoms with Crippen LogP contribution in [0.3, 0.4) is 0 Å². The molecule has 120 valence electrons. The molecule has 0 aliphatic carbocycles. The van der Waals surface area contributed by atoms with E-state index >= 15 is 0 Å². The Labute approximate surface area is 157 Å². The average Bonchev–Trinajstić information content (AvgIpc) is 2.48. The van der Waals surface area contributed by atoms with Gasteiger partial charge in [0.25, 0.3) is 5.91 Å². The molecule has 0 saturated heterocycles. The molecule has 2 N–H and O–H groups in total. The molecule has 0 saturated carbocycles. The van der Waals surface area contributed by atoms with E-state index in [9.17, 15) is 4.79 Å². The molecule has 0 heterocycles. The van der Waals surface area contributed by atoms with E-state index in [-0.39, 0.29) is 21.4 Å². The number of benzene rings is 2. The maximum absolute atomic E-state index is 12.4. The van der Waals surface area contributed by atoms with Gasteiger partial charge in [0.2, 0.25) is 0 Å². The van der Waals surface area contributed by atoms with Crippen molar-refractivity contribution in [1.29, 1.82) is 0 Å². The Balaban J connectivity index is 2.16. The van der Waals surface area contributed by atoms with Gasteiger partial charge in [0.05, 0.1) is 23.4 Å². The van der Waals surface area contributed by atoms with Crippen LogP contribution in [0.25, 0.3) is 0 Å². The Bertz CT molecular complexity index is 771. The highest BCUT2D eigenvalue weighted by molar-refractivity contribution is 9.10. The van der Waals surface area contributed by atoms with Gasteiger partial charge < -0.3 is 10.1 Å². The summed E-state index contributed by atoms with van der Waals surface area (Å²) in [6.07, 6.45) is 0. The second-order valence-electron chi connectivity index (χ2n) is 4.36. The first-order valence-corrected chi connectivity index (χ1v) is 8.28. The molecule has 0 aromatic heterocycles. The van der Waals surface area contributed by atoms with E-state index in [0.717, 1.165) is 10.2 Å². The van der Waals surface area contributed by atoms with Gasteiger partial charge in [-0.25, -0.2) is 0 Å². The van der Waals surface area contributed by atoms with Gasteiger partial charge in [-0.05, 0) is 52.4 Å². The van der Waals surface area contributed by atoms with Crippen LogP contribution in [0.4, 0.5) is 5.69 Å². The lowest BCUT2D eigenvalue weighted by atomic mass is 10.2. The molecule has 0 atom stereocenters. The minimum absolute atomic E-state index is 0.139. The third-order valence-corrected chi connectivity index (χ3v) is 4.20. The topological polar surface area (TPSA) is 50.4 Å². The fourth-order valence-corrected chi connectivity index (χ4v) is 2.98. The zero-order chi connectivity index (χ0) is 17.0. The van der Waals surface area contributed by atoms with E-state index in [2.05, 4.69) is 26.6 Å². The molecule has 0 unspecified atom stereocenters. The van der Waals surface area contributed by atoms with Gasteiger partial charge in [0.1, 0.15) is 5.75 Å². The second kappa shape index (κ2) is 7.97. The number of para-hydroxylation sites is 1. The Hall–Kier alpha value is -1.34. The van der Waals surface area contributed by atoms with Gasteiger partial charge >= 0.3 is 0 Å². The van der Waals surface area contributed by atoms with Crippen molar-refractivity contribution in [2.24, 2.45) is 0 Å². The molecule has 2 aromatic rings. The largest absolute Gasteiger partial charge is 0.494 e. The normalized spacial score (nSPS) is 10.1. The summed E-state index contributed by atoms with van der Waals surface area (Å²) in [5.41, 5.74) is 0.926. The first-order valence-electron chi connectivity index (χ1n) is 6.32. The number of thiocarbonyl (C=S) groups is 1. The van der Waals surface area contributed by atoms with Gasteiger partial charge in [-0.2, -0.15) is 0 Å². The van der Waals surface area contributed by atoms with Crippen molar-refractivity contribution in [2.75, 3.05) is 12.4 Å². The molecule has 0 aliphatic heterocycles. The van der Waals surface area contributed by atoms with E-state index in [4.69, 9.17) is 40.2 Å². The number of hydrogen-bond donors (Lipinski definition) is 2. The minimum Gasteiger partial charge on any atom is -0.494 e. The van der Waals surface area contributed by atoms with Crippen molar-refractivity contribution < 1.29 is 9.53 Å². The van der Waals surface area contributed by atoms with E-state index in [0.29, 0.717) is 5.02 Å². The number of halogens is 3. The number of amides is 1. The van der Waals surface area contributed by atoms with Gasteiger partial charge in [-0.3, -0.25) is 10.1 Å². The van der Waals surface area contributed by atoms with Crippen molar-refractivity contribution in [1.82, 2.24) is 5.32 Å². The number of ether oxygens (including phenoxy) is 1. The fourth-order valence-electron chi connectivity index (χ4n) is 1.82. The van der Waals surface area contributed by atoms with Crippen LogP contribution < -0.4 is 15.4 Å². The highest BCUT2D eigenvalue weighted by atomic mass is 79.9. The lowest BCUT2D eigenvalue weighted by Gasteiger charge is -2.13. The van der Waals surface area contributed by atoms with Gasteiger partial charge in [0.15, 0.2) is 5.11 Å². The first kappa shape index (κ1) is 18.0. The lowest BCUT2D eigenvalue weighted by molar-refractivity contribution is 0.0975. The van der Waals surface area contributed by atoms with Crippen LogP contribution in [0.2, 0.25) is 10.0 Å². The molecular weight excluding hydrogens is 423 g/mol. The minimum atomic E-state index is -0.476. The Morgan fingerprint density at radius 2 is 1.96 bits per heavy atom. The Morgan fingerprint density at radius 3 is 2.61 bits per heavy atom. The number of nitrogens with one attached hydrogen (secondary N) is 2. The summed E-state index contributed by atoms with van der Waals surface area (Å²) in [6.45, 7) is 0. The van der Waals surface area contributed by atoms with Crippen LogP contribution in [-0.2, 0) is 0 Å². The molecular formula is C15H11BrCl2N2O2S. The van der Waals surface area contributed by atoms with E-state index < -0.39 is 5.91 Å². The summed E-state index contributed by atoms with van der Waals surface area (Å²) in [5.74, 6) is -0.243. The van der Waals surface area contributed by atoms with Gasteiger partial charge in [-0.15, -0.1) is 0 Å². The number of carbonyl (C=O) groups excluding carboxylic acids is 1. The SMILES string of the molecule is COc1c(Cl)cc(Cl)cc1C(=O)NC(=S)Nc1ccccc1Br. The highest BCUT2D eigenvalue weighted by Crippen LogP contribution is 2.32. The zero-order valence-corrected chi connectivity index (χ0v) is 15.7. The highest BCUT2D eigenvalue weighted by Gasteiger charge is 2.18. The third-order valence-electron chi connectivity index (χ3n) is 2.81. The molecule has 0 radical (unpaired) electrons. The molecule has 4 nitrogen and oxygen atoms in total. The predicted molar refractivity (Wildman–Crippen MR) is 101 cm³/mol. The Kier molecular flexibility index (Phi) is 6.24. The van der Waals surface area contributed by atoms with Crippen molar-refractivity contribution in [3.63, 3.8) is 0 Å². The van der Waals surface area contributed by atoms with Crippen LogP contribution in [0.5, 0.6) is 5.75 Å². The van der Waals surface area contributed by atoms with Crippen LogP contribution in [0.15, 0.2) is 40.9 Å². The second-order valence-corrected chi connectivity index (χ2v) is 6.46. The van der Waals surface area contributed by atoms with Crippen molar-refractivity contribution in [3.05, 3.63) is 56.5 Å². The molecule has 2 aromatic carbocycles. The van der Waals surface area contributed by atoms with Crippen molar-refractivity contribution >= 4 is 68.1 Å². The maximum atomic E-state index is 12.4. The third kappa shape index (κ3) is 4.57. The molecule has 1 amide bonds. The number of rotatable bonds is 3. The lowest BCUT2D eigenvalue weighted by Crippen LogP contribution is -2.34. The zero-order valence-electron chi connectivity index (χ0n) is 11.8. The van der Waals surface area contributed by atoms with Crippen LogP contribution in [-0.4, -0.2) is 18.1 Å². The first-order chi connectivity index (χ1) is 10.9. The average molecular weight is 434 g/mol. The standard InChI is InChI=1S/C15H11BrCl2N2O2S/c1-22-13-9(6-8(17)7-11(13)18)14(21)20-15(23)19-12-5-3-2-4-10(12)16/h2-7H,1H3,(H2,19,20,21,23). The molecule has 0 fully saturated rings. The number of anilines is 1. The van der Waals surface area contributed by atoms with Gasteiger partial charge in [-0.1, -0.05) is 35.3 Å². The van der Waals surface area contributed by atoms with Crippen molar-refractivity contribution in [3.8, 4) is 5.75 Å². The maximum Gasteiger partial charge on any atom is 0.261 e. The molecule has 0 spiro atoms. The molecule has 8 heteroatoms. The monoisotopic (exact) mass is 432 g/mol. The summed E-state index contributed by atoms with van der Waals surface area (Å²) < 4.78 is 5.97. The summed E-state index contributed by atoms with van der Waals surface area (Å²) in [4.78, 5) is 12.4. The quantitative estimate of drug-likeness (QED) is 0.676. The van der Waals surface area contributed by atoms with E-state index in [1.807, 2.05) is 24.3 Å². The smallest absolute Gasteiger partial charge is 0.261 e. The summed E-state index contributed by atoms with van der Waals surface area (Å²) >= 11 is 20.5. The summed E-state index contributed by atoms with van der Waals surface area (Å²) in [7, 11) is 1.42. The molecule has 0 aliphatic rings. The van der Waals surface area contributed by atoms with Crippen LogP contribution in [0, 0.1) is 0 Å². The van der Waals surface area contributed by atoms with Gasteiger partial charge in [0, 0.05) is 9.50 Å². The molecule has 0 bridgehead atoms. The Morgan fingerprint density at radius 1 is 1.26 bits per heavy atom. The predicted octanol–water partition coefficient (Wildman–Crippen LogP) is 4.89. The van der Waals surface area contributed by atoms with E-state index in [1.165, 1.54) is 19.2 Å². The molecule has 2 rings (SSSR count). The fraction of sp³-hybridized carbons (Fsp3) is 0.0667. The van der Waals surface area contributed by atoms with Crippen molar-refractivity contribution in [2.45, 2.75) is 0 Å². The number of hydrogen-bond acceptors (Lipinski definition) is 3. The van der Waals surface area contributed by atoms with Crippen LogP contribution >= 0.6 is 51.3 Å². The number of carbonyl (C=O) groups is 1. The number of methoxy groups -OCH3 is 1. The van der Waals surface area contributed by atoms with Crippen LogP contribution in [0.1, 0.15) is 10.4 Å². The van der Waals surface area contributed by atoms with E-state index in [1.54, 1.807) is 0 Å². The summed E-state index contributed by atoms with van der Waals surface area (Å²) in [5, 5.41) is 6.20.